The highest BCUT2D eigenvalue weighted by molar-refractivity contribution is 5.22. The molecule has 20 heavy (non-hydrogen) atoms. The fourth-order valence-corrected chi connectivity index (χ4v) is 2.78. The number of halogens is 1. The maximum atomic E-state index is 13.8. The van der Waals surface area contributed by atoms with Gasteiger partial charge < -0.3 is 5.32 Å². The average molecular weight is 270 g/mol. The van der Waals surface area contributed by atoms with Crippen molar-refractivity contribution in [1.82, 2.24) is 10.2 Å². The minimum Gasteiger partial charge on any atom is -0.314 e. The standard InChI is InChI=1S/C17H19FN2/c18-16-9-5-4-8-15(16)13-20-11-10-19-12-17(20)14-6-2-1-3-7-14/h1-9,17,19H,10-13H2. The summed E-state index contributed by atoms with van der Waals surface area (Å²) in [6.07, 6.45) is 0. The molecular formula is C17H19FN2. The SMILES string of the molecule is Fc1ccccc1CN1CCNCC1c1ccccc1. The number of nitrogens with one attached hydrogen (secondary N) is 1. The molecule has 1 N–H and O–H groups in total. The van der Waals surface area contributed by atoms with Gasteiger partial charge in [0.1, 0.15) is 5.82 Å². The van der Waals surface area contributed by atoms with Gasteiger partial charge in [0.05, 0.1) is 0 Å². The highest BCUT2D eigenvalue weighted by Gasteiger charge is 2.24. The molecule has 0 bridgehead atoms. The fourth-order valence-electron chi connectivity index (χ4n) is 2.78. The van der Waals surface area contributed by atoms with Crippen LogP contribution in [0, 0.1) is 5.82 Å². The largest absolute Gasteiger partial charge is 0.314 e. The van der Waals surface area contributed by atoms with E-state index in [4.69, 9.17) is 0 Å². The smallest absolute Gasteiger partial charge is 0.127 e. The van der Waals surface area contributed by atoms with Crippen LogP contribution in [0.1, 0.15) is 17.2 Å². The first-order valence-electron chi connectivity index (χ1n) is 7.08. The third-order valence-corrected chi connectivity index (χ3v) is 3.87. The van der Waals surface area contributed by atoms with Crippen LogP contribution >= 0.6 is 0 Å². The lowest BCUT2D eigenvalue weighted by Crippen LogP contribution is -2.45. The van der Waals surface area contributed by atoms with E-state index >= 15 is 0 Å². The monoisotopic (exact) mass is 270 g/mol. The third-order valence-electron chi connectivity index (χ3n) is 3.87. The molecule has 0 spiro atoms. The van der Waals surface area contributed by atoms with Gasteiger partial charge in [-0.15, -0.1) is 0 Å². The number of piperazine rings is 1. The normalized spacial score (nSPS) is 19.9. The zero-order chi connectivity index (χ0) is 13.8. The predicted molar refractivity (Wildman–Crippen MR) is 78.9 cm³/mol. The summed E-state index contributed by atoms with van der Waals surface area (Å²) in [6, 6.07) is 17.8. The number of rotatable bonds is 3. The number of benzene rings is 2. The molecule has 1 heterocycles. The van der Waals surface area contributed by atoms with E-state index in [1.165, 1.54) is 11.6 Å². The summed E-state index contributed by atoms with van der Waals surface area (Å²) >= 11 is 0. The molecule has 2 aromatic carbocycles. The van der Waals surface area contributed by atoms with E-state index in [0.29, 0.717) is 12.6 Å². The summed E-state index contributed by atoms with van der Waals surface area (Å²) in [7, 11) is 0. The van der Waals surface area contributed by atoms with Crippen LogP contribution in [0.25, 0.3) is 0 Å². The summed E-state index contributed by atoms with van der Waals surface area (Å²) in [5, 5.41) is 3.43. The molecule has 1 aliphatic heterocycles. The first-order chi connectivity index (χ1) is 9.84. The predicted octanol–water partition coefficient (Wildman–Crippen LogP) is 2.97. The van der Waals surface area contributed by atoms with Crippen molar-refractivity contribution in [2.75, 3.05) is 19.6 Å². The minimum atomic E-state index is -0.113. The van der Waals surface area contributed by atoms with Gasteiger partial charge in [-0.3, -0.25) is 4.90 Å². The van der Waals surface area contributed by atoms with Crippen molar-refractivity contribution in [3.8, 4) is 0 Å². The van der Waals surface area contributed by atoms with E-state index in [-0.39, 0.29) is 5.82 Å². The molecule has 1 aliphatic rings. The molecule has 1 saturated heterocycles. The lowest BCUT2D eigenvalue weighted by atomic mass is 10.0. The first-order valence-corrected chi connectivity index (χ1v) is 7.08. The van der Waals surface area contributed by atoms with Crippen molar-refractivity contribution in [3.05, 3.63) is 71.5 Å². The highest BCUT2D eigenvalue weighted by Crippen LogP contribution is 2.24. The molecule has 2 aromatic rings. The Balaban J connectivity index is 1.81. The van der Waals surface area contributed by atoms with Gasteiger partial charge in [-0.2, -0.15) is 0 Å². The average Bonchev–Trinajstić information content (AvgIpc) is 2.51. The molecular weight excluding hydrogens is 251 g/mol. The Labute approximate surface area is 119 Å². The Kier molecular flexibility index (Phi) is 4.09. The zero-order valence-corrected chi connectivity index (χ0v) is 11.4. The van der Waals surface area contributed by atoms with E-state index in [1.807, 2.05) is 18.2 Å². The molecule has 1 unspecified atom stereocenters. The molecule has 0 radical (unpaired) electrons. The maximum absolute atomic E-state index is 13.8. The van der Waals surface area contributed by atoms with Gasteiger partial charge in [-0.25, -0.2) is 4.39 Å². The van der Waals surface area contributed by atoms with Gasteiger partial charge in [0.25, 0.3) is 0 Å². The molecule has 0 saturated carbocycles. The van der Waals surface area contributed by atoms with Crippen LogP contribution in [0.2, 0.25) is 0 Å². The topological polar surface area (TPSA) is 15.3 Å². The Morgan fingerprint density at radius 2 is 1.80 bits per heavy atom. The van der Waals surface area contributed by atoms with Crippen molar-refractivity contribution in [2.45, 2.75) is 12.6 Å². The van der Waals surface area contributed by atoms with E-state index in [0.717, 1.165) is 25.2 Å². The summed E-state index contributed by atoms with van der Waals surface area (Å²) in [4.78, 5) is 2.35. The minimum absolute atomic E-state index is 0.113. The Morgan fingerprint density at radius 1 is 1.05 bits per heavy atom. The van der Waals surface area contributed by atoms with Crippen molar-refractivity contribution >= 4 is 0 Å². The quantitative estimate of drug-likeness (QED) is 0.922. The van der Waals surface area contributed by atoms with Crippen LogP contribution in [0.4, 0.5) is 4.39 Å². The van der Waals surface area contributed by atoms with Crippen LogP contribution in [0.5, 0.6) is 0 Å². The Bertz CT molecular complexity index is 556. The molecule has 1 atom stereocenters. The lowest BCUT2D eigenvalue weighted by molar-refractivity contribution is 0.152. The number of nitrogens with zero attached hydrogens (tertiary/aromatic N) is 1. The highest BCUT2D eigenvalue weighted by atomic mass is 19.1. The summed E-state index contributed by atoms with van der Waals surface area (Å²) < 4.78 is 13.8. The van der Waals surface area contributed by atoms with Crippen LogP contribution < -0.4 is 5.32 Å². The second-order valence-corrected chi connectivity index (χ2v) is 5.19. The Hall–Kier alpha value is -1.71. The van der Waals surface area contributed by atoms with Crippen molar-refractivity contribution in [3.63, 3.8) is 0 Å². The summed E-state index contributed by atoms with van der Waals surface area (Å²) in [5.41, 5.74) is 2.06. The van der Waals surface area contributed by atoms with E-state index in [9.17, 15) is 4.39 Å². The van der Waals surface area contributed by atoms with Crippen molar-refractivity contribution < 1.29 is 4.39 Å². The Morgan fingerprint density at radius 3 is 2.60 bits per heavy atom. The lowest BCUT2D eigenvalue weighted by Gasteiger charge is -2.36. The van der Waals surface area contributed by atoms with Gasteiger partial charge in [-0.05, 0) is 11.6 Å². The second-order valence-electron chi connectivity index (χ2n) is 5.19. The molecule has 2 nitrogen and oxygen atoms in total. The molecule has 3 heteroatoms. The molecule has 1 fully saturated rings. The van der Waals surface area contributed by atoms with E-state index in [2.05, 4.69) is 34.5 Å². The van der Waals surface area contributed by atoms with Crippen LogP contribution in [-0.2, 0) is 6.54 Å². The van der Waals surface area contributed by atoms with Crippen LogP contribution in [-0.4, -0.2) is 24.5 Å². The van der Waals surface area contributed by atoms with Gasteiger partial charge in [0.2, 0.25) is 0 Å². The van der Waals surface area contributed by atoms with Gasteiger partial charge in [-0.1, -0.05) is 48.5 Å². The molecule has 3 rings (SSSR count). The molecule has 104 valence electrons. The zero-order valence-electron chi connectivity index (χ0n) is 11.4. The van der Waals surface area contributed by atoms with Gasteiger partial charge in [0.15, 0.2) is 0 Å². The second kappa shape index (κ2) is 6.16. The molecule has 0 amide bonds. The summed E-state index contributed by atoms with van der Waals surface area (Å²) in [5.74, 6) is -0.113. The fraction of sp³-hybridized carbons (Fsp3) is 0.294. The van der Waals surface area contributed by atoms with Crippen LogP contribution in [0.15, 0.2) is 54.6 Å². The van der Waals surface area contributed by atoms with E-state index in [1.54, 1.807) is 6.07 Å². The first kappa shape index (κ1) is 13.3. The number of hydrogen-bond donors (Lipinski definition) is 1. The van der Waals surface area contributed by atoms with Crippen molar-refractivity contribution in [2.24, 2.45) is 0 Å². The number of hydrogen-bond acceptors (Lipinski definition) is 2. The molecule has 0 aliphatic carbocycles. The third kappa shape index (κ3) is 2.89. The van der Waals surface area contributed by atoms with Crippen molar-refractivity contribution in [1.29, 1.82) is 0 Å². The maximum Gasteiger partial charge on any atom is 0.127 e. The van der Waals surface area contributed by atoms with Gasteiger partial charge >= 0.3 is 0 Å². The van der Waals surface area contributed by atoms with Gasteiger partial charge in [0, 0.05) is 37.8 Å². The van der Waals surface area contributed by atoms with Crippen LogP contribution in [0.3, 0.4) is 0 Å². The van der Waals surface area contributed by atoms with E-state index < -0.39 is 0 Å². The molecule has 0 aromatic heterocycles. The summed E-state index contributed by atoms with van der Waals surface area (Å²) in [6.45, 7) is 3.47.